The SMILES string of the molecule is CC(C)NS(=O)(=O)Cc1ccc(CNC(=O)[C@@H]2C[C@H]3CC[C@H]2C3)cc1. The van der Waals surface area contributed by atoms with Gasteiger partial charge >= 0.3 is 0 Å². The Labute approximate surface area is 150 Å². The van der Waals surface area contributed by atoms with Gasteiger partial charge in [-0.25, -0.2) is 13.1 Å². The third-order valence-corrected chi connectivity index (χ3v) is 6.88. The van der Waals surface area contributed by atoms with E-state index in [1.54, 1.807) is 13.8 Å². The lowest BCUT2D eigenvalue weighted by Crippen LogP contribution is -2.33. The van der Waals surface area contributed by atoms with E-state index in [1.807, 2.05) is 24.3 Å². The topological polar surface area (TPSA) is 75.3 Å². The number of fused-ring (bicyclic) bond motifs is 2. The van der Waals surface area contributed by atoms with Crippen LogP contribution in [-0.4, -0.2) is 20.4 Å². The van der Waals surface area contributed by atoms with Gasteiger partial charge < -0.3 is 5.32 Å². The van der Waals surface area contributed by atoms with E-state index in [-0.39, 0.29) is 23.6 Å². The average Bonchev–Trinajstić information content (AvgIpc) is 3.15. The molecule has 0 aromatic heterocycles. The molecule has 1 amide bonds. The van der Waals surface area contributed by atoms with E-state index >= 15 is 0 Å². The zero-order valence-electron chi connectivity index (χ0n) is 15.0. The van der Waals surface area contributed by atoms with Crippen LogP contribution >= 0.6 is 0 Å². The van der Waals surface area contributed by atoms with Crippen molar-refractivity contribution < 1.29 is 13.2 Å². The first-order chi connectivity index (χ1) is 11.8. The quantitative estimate of drug-likeness (QED) is 0.781. The molecule has 3 atom stereocenters. The average molecular weight is 365 g/mol. The fourth-order valence-corrected chi connectivity index (χ4v) is 5.69. The van der Waals surface area contributed by atoms with Crippen molar-refractivity contribution in [2.45, 2.75) is 57.9 Å². The maximum absolute atomic E-state index is 12.4. The summed E-state index contributed by atoms with van der Waals surface area (Å²) in [6, 6.07) is 7.31. The second-order valence-electron chi connectivity index (χ2n) is 7.85. The lowest BCUT2D eigenvalue weighted by molar-refractivity contribution is -0.126. The molecule has 0 saturated heterocycles. The van der Waals surface area contributed by atoms with Gasteiger partial charge in [0.2, 0.25) is 15.9 Å². The second-order valence-corrected chi connectivity index (χ2v) is 9.60. The van der Waals surface area contributed by atoms with Gasteiger partial charge in [-0.3, -0.25) is 4.79 Å². The minimum Gasteiger partial charge on any atom is -0.352 e. The zero-order chi connectivity index (χ0) is 18.0. The first-order valence-corrected chi connectivity index (χ1v) is 10.8. The molecule has 3 rings (SSSR count). The summed E-state index contributed by atoms with van der Waals surface area (Å²) in [6.07, 6.45) is 4.78. The molecule has 2 N–H and O–H groups in total. The zero-order valence-corrected chi connectivity index (χ0v) is 15.8. The van der Waals surface area contributed by atoms with Crippen LogP contribution in [0.5, 0.6) is 0 Å². The smallest absolute Gasteiger partial charge is 0.223 e. The lowest BCUT2D eigenvalue weighted by atomic mass is 9.88. The summed E-state index contributed by atoms with van der Waals surface area (Å²) in [6.45, 7) is 4.11. The Bertz CT molecular complexity index is 713. The highest BCUT2D eigenvalue weighted by molar-refractivity contribution is 7.88. The van der Waals surface area contributed by atoms with E-state index in [2.05, 4.69) is 10.0 Å². The number of benzene rings is 1. The molecule has 25 heavy (non-hydrogen) atoms. The number of sulfonamides is 1. The molecule has 0 aliphatic heterocycles. The van der Waals surface area contributed by atoms with Crippen LogP contribution in [-0.2, 0) is 27.1 Å². The number of amides is 1. The van der Waals surface area contributed by atoms with Gasteiger partial charge in [0.05, 0.1) is 5.75 Å². The predicted molar refractivity (Wildman–Crippen MR) is 98.1 cm³/mol. The maximum Gasteiger partial charge on any atom is 0.223 e. The molecule has 0 heterocycles. The molecule has 2 aliphatic carbocycles. The Morgan fingerprint density at radius 1 is 1.12 bits per heavy atom. The summed E-state index contributed by atoms with van der Waals surface area (Å²) in [5.74, 6) is 1.71. The van der Waals surface area contributed by atoms with Crippen molar-refractivity contribution in [3.8, 4) is 0 Å². The van der Waals surface area contributed by atoms with Crippen LogP contribution in [0, 0.1) is 17.8 Å². The Kier molecular flexibility index (Phi) is 5.49. The van der Waals surface area contributed by atoms with Crippen LogP contribution in [0.1, 0.15) is 50.7 Å². The van der Waals surface area contributed by atoms with Crippen molar-refractivity contribution in [2.75, 3.05) is 0 Å². The molecular formula is C19H28N2O3S. The highest BCUT2D eigenvalue weighted by atomic mass is 32.2. The molecule has 5 nitrogen and oxygen atoms in total. The largest absolute Gasteiger partial charge is 0.352 e. The first-order valence-electron chi connectivity index (χ1n) is 9.18. The molecule has 0 spiro atoms. The normalized spacial score (nSPS) is 25.5. The van der Waals surface area contributed by atoms with Crippen LogP contribution in [0.25, 0.3) is 0 Å². The molecule has 2 saturated carbocycles. The van der Waals surface area contributed by atoms with Gasteiger partial charge in [0.25, 0.3) is 0 Å². The summed E-state index contributed by atoms with van der Waals surface area (Å²) < 4.78 is 26.5. The lowest BCUT2D eigenvalue weighted by Gasteiger charge is -2.20. The summed E-state index contributed by atoms with van der Waals surface area (Å²) >= 11 is 0. The molecule has 0 unspecified atom stereocenters. The number of carbonyl (C=O) groups excluding carboxylic acids is 1. The molecule has 2 fully saturated rings. The third kappa shape index (κ3) is 4.82. The Morgan fingerprint density at radius 2 is 1.80 bits per heavy atom. The molecule has 138 valence electrons. The Balaban J connectivity index is 1.50. The molecular weight excluding hydrogens is 336 g/mol. The van der Waals surface area contributed by atoms with Crippen molar-refractivity contribution in [1.29, 1.82) is 0 Å². The predicted octanol–water partition coefficient (Wildman–Crippen LogP) is 2.57. The van der Waals surface area contributed by atoms with E-state index in [0.29, 0.717) is 12.5 Å². The number of nitrogens with one attached hydrogen (secondary N) is 2. The first kappa shape index (κ1) is 18.4. The van der Waals surface area contributed by atoms with Gasteiger partial charge in [0.15, 0.2) is 0 Å². The van der Waals surface area contributed by atoms with Gasteiger partial charge in [0.1, 0.15) is 0 Å². The molecule has 1 aromatic carbocycles. The van der Waals surface area contributed by atoms with Crippen molar-refractivity contribution in [3.63, 3.8) is 0 Å². The molecule has 6 heteroatoms. The van der Waals surface area contributed by atoms with E-state index in [4.69, 9.17) is 0 Å². The molecule has 2 bridgehead atoms. The Morgan fingerprint density at radius 3 is 2.36 bits per heavy atom. The highest BCUT2D eigenvalue weighted by Crippen LogP contribution is 2.48. The minimum absolute atomic E-state index is 0.0248. The van der Waals surface area contributed by atoms with Crippen molar-refractivity contribution in [2.24, 2.45) is 17.8 Å². The van der Waals surface area contributed by atoms with Gasteiger partial charge in [0, 0.05) is 18.5 Å². The number of hydrogen-bond acceptors (Lipinski definition) is 3. The van der Waals surface area contributed by atoms with Crippen LogP contribution in [0.2, 0.25) is 0 Å². The highest BCUT2D eigenvalue weighted by Gasteiger charge is 2.42. The van der Waals surface area contributed by atoms with E-state index in [0.717, 1.165) is 23.5 Å². The summed E-state index contributed by atoms with van der Waals surface area (Å²) in [7, 11) is -3.31. The van der Waals surface area contributed by atoms with Gasteiger partial charge in [-0.15, -0.1) is 0 Å². The van der Waals surface area contributed by atoms with E-state index in [1.165, 1.54) is 19.3 Å². The molecule has 2 aliphatic rings. The fraction of sp³-hybridized carbons (Fsp3) is 0.632. The van der Waals surface area contributed by atoms with Gasteiger partial charge in [-0.05, 0) is 56.1 Å². The molecule has 1 aromatic rings. The van der Waals surface area contributed by atoms with Crippen LogP contribution < -0.4 is 10.0 Å². The number of rotatable bonds is 7. The second kappa shape index (κ2) is 7.46. The summed E-state index contributed by atoms with van der Waals surface area (Å²) in [4.78, 5) is 12.4. The fourth-order valence-electron chi connectivity index (χ4n) is 4.26. The van der Waals surface area contributed by atoms with E-state index in [9.17, 15) is 13.2 Å². The van der Waals surface area contributed by atoms with Crippen molar-refractivity contribution in [3.05, 3.63) is 35.4 Å². The van der Waals surface area contributed by atoms with Gasteiger partial charge in [-0.1, -0.05) is 30.7 Å². The summed E-state index contributed by atoms with van der Waals surface area (Å²) in [5.41, 5.74) is 1.74. The van der Waals surface area contributed by atoms with Gasteiger partial charge in [-0.2, -0.15) is 0 Å². The van der Waals surface area contributed by atoms with Crippen LogP contribution in [0.4, 0.5) is 0 Å². The third-order valence-electron chi connectivity index (χ3n) is 5.34. The maximum atomic E-state index is 12.4. The number of carbonyl (C=O) groups is 1. The number of hydrogen-bond donors (Lipinski definition) is 2. The van der Waals surface area contributed by atoms with Crippen molar-refractivity contribution >= 4 is 15.9 Å². The van der Waals surface area contributed by atoms with Crippen LogP contribution in [0.3, 0.4) is 0 Å². The monoisotopic (exact) mass is 364 g/mol. The minimum atomic E-state index is -3.31. The van der Waals surface area contributed by atoms with Crippen LogP contribution in [0.15, 0.2) is 24.3 Å². The van der Waals surface area contributed by atoms with Crippen molar-refractivity contribution in [1.82, 2.24) is 10.0 Å². The van der Waals surface area contributed by atoms with E-state index < -0.39 is 10.0 Å². The standard InChI is InChI=1S/C19H28N2O3S/c1-13(2)21-25(23,24)12-15-5-3-14(4-6-15)11-20-19(22)18-10-16-7-8-17(18)9-16/h3-6,13,16-18,21H,7-12H2,1-2H3,(H,20,22)/t16-,17-,18+/m0/s1. The molecule has 0 radical (unpaired) electrons. The Hall–Kier alpha value is -1.40. The summed E-state index contributed by atoms with van der Waals surface area (Å²) in [5, 5.41) is 3.05.